The van der Waals surface area contributed by atoms with Gasteiger partial charge in [0.1, 0.15) is 6.04 Å². The van der Waals surface area contributed by atoms with E-state index in [0.29, 0.717) is 0 Å². The molecule has 1 saturated heterocycles. The number of likely N-dealkylation sites (tertiary alicyclic amines) is 1. The summed E-state index contributed by atoms with van der Waals surface area (Å²) in [6, 6.07) is 18.1. The predicted molar refractivity (Wildman–Crippen MR) is 114 cm³/mol. The number of carbonyl (C=O) groups is 3. The highest BCUT2D eigenvalue weighted by atomic mass is 16.2. The number of rotatable bonds is 5. The molecule has 3 aromatic rings. The van der Waals surface area contributed by atoms with E-state index in [4.69, 9.17) is 0 Å². The van der Waals surface area contributed by atoms with Crippen LogP contribution >= 0.6 is 0 Å². The molecular weight excluding hydrogens is 378 g/mol. The zero-order valence-corrected chi connectivity index (χ0v) is 16.6. The van der Waals surface area contributed by atoms with Crippen LogP contribution in [0.5, 0.6) is 0 Å². The van der Waals surface area contributed by atoms with Crippen molar-refractivity contribution >= 4 is 34.7 Å². The molecular formula is C24H21N3O3. The van der Waals surface area contributed by atoms with Gasteiger partial charge >= 0.3 is 0 Å². The van der Waals surface area contributed by atoms with Crippen molar-refractivity contribution in [2.45, 2.75) is 19.0 Å². The molecule has 3 amide bonds. The molecule has 1 fully saturated rings. The number of imide groups is 1. The summed E-state index contributed by atoms with van der Waals surface area (Å²) in [4.78, 5) is 44.8. The Kier molecular flexibility index (Phi) is 5.39. The molecule has 1 aliphatic rings. The second-order valence-corrected chi connectivity index (χ2v) is 7.23. The van der Waals surface area contributed by atoms with Crippen molar-refractivity contribution in [2.24, 2.45) is 0 Å². The maximum absolute atomic E-state index is 12.8. The second-order valence-electron chi connectivity index (χ2n) is 7.23. The number of para-hydroxylation sites is 1. The first-order valence-electron chi connectivity index (χ1n) is 9.71. The van der Waals surface area contributed by atoms with Gasteiger partial charge in [-0.25, -0.2) is 0 Å². The molecule has 0 saturated carbocycles. The van der Waals surface area contributed by atoms with Crippen LogP contribution in [0.15, 0.2) is 72.9 Å². The first-order valence-corrected chi connectivity index (χ1v) is 9.71. The van der Waals surface area contributed by atoms with E-state index in [-0.39, 0.29) is 30.7 Å². The first kappa shape index (κ1) is 19.5. The van der Waals surface area contributed by atoms with Gasteiger partial charge < -0.3 is 4.90 Å². The lowest BCUT2D eigenvalue weighted by molar-refractivity contribution is -0.142. The maximum atomic E-state index is 12.8. The zero-order chi connectivity index (χ0) is 21.1. The number of hydrogen-bond acceptors (Lipinski definition) is 4. The smallest absolute Gasteiger partial charge is 0.252 e. The normalized spacial score (nSPS) is 16.6. The number of nitrogens with zero attached hydrogens (tertiary/aromatic N) is 3. The van der Waals surface area contributed by atoms with Crippen LogP contribution in [-0.2, 0) is 20.9 Å². The van der Waals surface area contributed by atoms with Crippen LogP contribution in [0, 0.1) is 0 Å². The molecule has 0 aliphatic carbocycles. The Morgan fingerprint density at radius 2 is 1.87 bits per heavy atom. The molecule has 30 heavy (non-hydrogen) atoms. The summed E-state index contributed by atoms with van der Waals surface area (Å²) in [5, 5.41) is 0.980. The van der Waals surface area contributed by atoms with Gasteiger partial charge in [0.15, 0.2) is 0 Å². The fourth-order valence-corrected chi connectivity index (χ4v) is 3.59. The third-order valence-corrected chi connectivity index (χ3v) is 5.29. The van der Waals surface area contributed by atoms with Crippen LogP contribution in [0.2, 0.25) is 0 Å². The number of likely N-dealkylation sites (N-methyl/N-ethyl adjacent to an activating group) is 1. The van der Waals surface area contributed by atoms with Gasteiger partial charge in [0.25, 0.3) is 5.91 Å². The average Bonchev–Trinajstić information content (AvgIpc) is 3.06. The minimum Gasteiger partial charge on any atom is -0.330 e. The number of hydrogen-bond donors (Lipinski definition) is 0. The predicted octanol–water partition coefficient (Wildman–Crippen LogP) is 3.03. The monoisotopic (exact) mass is 399 g/mol. The fourth-order valence-electron chi connectivity index (χ4n) is 3.59. The SMILES string of the molecule is CN(C(=O)C=Cc1cccc2cccnc12)C1CC(=O)N(Cc2ccccc2)C1=O. The van der Waals surface area contributed by atoms with Crippen LogP contribution in [0.3, 0.4) is 0 Å². The molecule has 2 heterocycles. The van der Waals surface area contributed by atoms with Crippen LogP contribution < -0.4 is 0 Å². The van der Waals surface area contributed by atoms with E-state index in [1.54, 1.807) is 19.3 Å². The average molecular weight is 399 g/mol. The summed E-state index contributed by atoms with van der Waals surface area (Å²) >= 11 is 0. The van der Waals surface area contributed by atoms with Crippen molar-refractivity contribution in [1.29, 1.82) is 0 Å². The van der Waals surface area contributed by atoms with Gasteiger partial charge in [-0.1, -0.05) is 54.6 Å². The quantitative estimate of drug-likeness (QED) is 0.488. The highest BCUT2D eigenvalue weighted by molar-refractivity contribution is 6.07. The largest absolute Gasteiger partial charge is 0.330 e. The Morgan fingerprint density at radius 3 is 2.67 bits per heavy atom. The first-order chi connectivity index (χ1) is 14.5. The van der Waals surface area contributed by atoms with Crippen LogP contribution in [0.1, 0.15) is 17.5 Å². The molecule has 1 unspecified atom stereocenters. The van der Waals surface area contributed by atoms with E-state index >= 15 is 0 Å². The van der Waals surface area contributed by atoms with Gasteiger partial charge in [-0.15, -0.1) is 0 Å². The van der Waals surface area contributed by atoms with Gasteiger partial charge in [-0.3, -0.25) is 24.3 Å². The second kappa shape index (κ2) is 8.29. The van der Waals surface area contributed by atoms with E-state index in [1.165, 1.54) is 15.9 Å². The van der Waals surface area contributed by atoms with Gasteiger partial charge in [0.05, 0.1) is 18.5 Å². The van der Waals surface area contributed by atoms with Crippen LogP contribution in [0.4, 0.5) is 0 Å². The lowest BCUT2D eigenvalue weighted by Gasteiger charge is -2.22. The van der Waals surface area contributed by atoms with Crippen molar-refractivity contribution < 1.29 is 14.4 Å². The topological polar surface area (TPSA) is 70.6 Å². The molecule has 0 spiro atoms. The molecule has 150 valence electrons. The molecule has 4 rings (SSSR count). The van der Waals surface area contributed by atoms with Crippen LogP contribution in [0.25, 0.3) is 17.0 Å². The number of amides is 3. The summed E-state index contributed by atoms with van der Waals surface area (Å²) in [7, 11) is 1.55. The highest BCUT2D eigenvalue weighted by Crippen LogP contribution is 2.21. The van der Waals surface area contributed by atoms with Gasteiger partial charge in [-0.2, -0.15) is 0 Å². The molecule has 0 radical (unpaired) electrons. The summed E-state index contributed by atoms with van der Waals surface area (Å²) in [6.45, 7) is 0.217. The molecule has 0 bridgehead atoms. The van der Waals surface area contributed by atoms with Gasteiger partial charge in [0, 0.05) is 30.3 Å². The summed E-state index contributed by atoms with van der Waals surface area (Å²) in [6.07, 6.45) is 4.81. The van der Waals surface area contributed by atoms with E-state index in [9.17, 15) is 14.4 Å². The van der Waals surface area contributed by atoms with E-state index in [0.717, 1.165) is 22.0 Å². The molecule has 1 atom stereocenters. The molecule has 1 aliphatic heterocycles. The standard InChI is InChI=1S/C24H21N3O3/c1-26(20-15-22(29)27(24(20)30)16-17-7-3-2-4-8-17)21(28)13-12-19-10-5-9-18-11-6-14-25-23(18)19/h2-14,20H,15-16H2,1H3. The van der Waals surface area contributed by atoms with E-state index in [1.807, 2.05) is 60.7 Å². The Hall–Kier alpha value is -3.80. The zero-order valence-electron chi connectivity index (χ0n) is 16.6. The van der Waals surface area contributed by atoms with Crippen molar-refractivity contribution in [1.82, 2.24) is 14.8 Å². The molecule has 6 heteroatoms. The number of pyridine rings is 1. The lowest BCUT2D eigenvalue weighted by atomic mass is 10.1. The summed E-state index contributed by atoms with van der Waals surface area (Å²) in [5.74, 6) is -0.952. The Balaban J connectivity index is 1.48. The van der Waals surface area contributed by atoms with Crippen LogP contribution in [-0.4, -0.2) is 45.6 Å². The summed E-state index contributed by atoms with van der Waals surface area (Å²) < 4.78 is 0. The van der Waals surface area contributed by atoms with Crippen molar-refractivity contribution in [3.05, 3.63) is 84.1 Å². The Morgan fingerprint density at radius 1 is 1.10 bits per heavy atom. The molecule has 6 nitrogen and oxygen atoms in total. The number of aromatic nitrogens is 1. The minimum atomic E-state index is -0.788. The molecule has 0 N–H and O–H groups in total. The fraction of sp³-hybridized carbons (Fsp3) is 0.167. The van der Waals surface area contributed by atoms with Crippen molar-refractivity contribution in [3.63, 3.8) is 0 Å². The Labute approximate surface area is 174 Å². The molecule has 2 aromatic carbocycles. The lowest BCUT2D eigenvalue weighted by Crippen LogP contribution is -2.42. The van der Waals surface area contributed by atoms with Gasteiger partial charge in [0.2, 0.25) is 11.8 Å². The van der Waals surface area contributed by atoms with E-state index in [2.05, 4.69) is 4.98 Å². The van der Waals surface area contributed by atoms with Crippen molar-refractivity contribution in [2.75, 3.05) is 7.05 Å². The number of fused-ring (bicyclic) bond motifs is 1. The summed E-state index contributed by atoms with van der Waals surface area (Å²) in [5.41, 5.74) is 2.49. The van der Waals surface area contributed by atoms with Gasteiger partial charge in [-0.05, 0) is 17.7 Å². The highest BCUT2D eigenvalue weighted by Gasteiger charge is 2.41. The third kappa shape index (κ3) is 3.85. The van der Waals surface area contributed by atoms with E-state index < -0.39 is 6.04 Å². The number of benzene rings is 2. The third-order valence-electron chi connectivity index (χ3n) is 5.29. The number of carbonyl (C=O) groups excluding carboxylic acids is 3. The Bertz CT molecular complexity index is 1140. The van der Waals surface area contributed by atoms with Crippen molar-refractivity contribution in [3.8, 4) is 0 Å². The maximum Gasteiger partial charge on any atom is 0.252 e. The molecule has 1 aromatic heterocycles. The minimum absolute atomic E-state index is 0.00241.